The molecule has 0 aromatic carbocycles. The molecule has 0 saturated carbocycles. The molecule has 0 spiro atoms. The van der Waals surface area contributed by atoms with E-state index in [4.69, 9.17) is 0 Å². The molecule has 0 aliphatic carbocycles. The van der Waals surface area contributed by atoms with Crippen LogP contribution in [0.25, 0.3) is 40.4 Å². The molecule has 0 aliphatic heterocycles. The van der Waals surface area contributed by atoms with Gasteiger partial charge in [0.15, 0.2) is 0 Å². The third-order valence-corrected chi connectivity index (χ3v) is 10.1. The van der Waals surface area contributed by atoms with E-state index in [0.717, 1.165) is 0 Å². The Bertz CT molecular complexity index is 1060. The van der Waals surface area contributed by atoms with Crippen LogP contribution in [0.15, 0.2) is 92.9 Å². The van der Waals surface area contributed by atoms with E-state index in [2.05, 4.69) is 92.9 Å². The molecule has 0 nitrogen and oxygen atoms in total. The van der Waals surface area contributed by atoms with E-state index in [1.54, 1.807) is 22.7 Å². The molecule has 0 fully saturated rings. The molecule has 6 rings (SSSR count). The zero-order valence-corrected chi connectivity index (χ0v) is 20.6. The number of thiophene rings is 6. The molecule has 0 unspecified atom stereocenters. The van der Waals surface area contributed by atoms with Crippen LogP contribution in [0, 0.1) is 0 Å². The first-order chi connectivity index (χ1) is 14.9. The monoisotopic (exact) mass is 496 g/mol. The molecule has 6 aromatic rings. The summed E-state index contributed by atoms with van der Waals surface area (Å²) in [7, 11) is 0. The highest BCUT2D eigenvalue weighted by atomic mass is 32.1. The first-order valence-electron chi connectivity index (χ1n) is 9.20. The topological polar surface area (TPSA) is 0 Å². The molecule has 30 heavy (non-hydrogen) atoms. The molecule has 6 heteroatoms. The number of hydrogen-bond donors (Lipinski definition) is 0. The van der Waals surface area contributed by atoms with Gasteiger partial charge in [-0.3, -0.25) is 0 Å². The molecule has 0 radical (unpaired) electrons. The highest BCUT2D eigenvalue weighted by Gasteiger charge is 2.11. The Labute approximate surface area is 200 Å². The SMILES string of the molecule is c1csc(-c2ccsc2-c2cccs2)c1.c1csc(-c2ccsc2-c2cccs2)c1. The van der Waals surface area contributed by atoms with Crippen LogP contribution in [0.1, 0.15) is 0 Å². The van der Waals surface area contributed by atoms with Crippen molar-refractivity contribution in [3.8, 4) is 40.4 Å². The molecule has 6 heterocycles. The van der Waals surface area contributed by atoms with Gasteiger partial charge in [0.2, 0.25) is 0 Å². The maximum absolute atomic E-state index is 2.21. The van der Waals surface area contributed by atoms with Gasteiger partial charge in [-0.15, -0.1) is 68.0 Å². The minimum atomic E-state index is 1.36. The zero-order chi connectivity index (χ0) is 20.2. The summed E-state index contributed by atoms with van der Waals surface area (Å²) in [5.74, 6) is 0. The second kappa shape index (κ2) is 9.56. The highest BCUT2D eigenvalue weighted by Crippen LogP contribution is 2.41. The first kappa shape index (κ1) is 20.1. The van der Waals surface area contributed by atoms with Crippen LogP contribution in [0.3, 0.4) is 0 Å². The predicted molar refractivity (Wildman–Crippen MR) is 142 cm³/mol. The standard InChI is InChI=1S/2C12H8S3/c2*1-3-10(13-6-1)9-5-8-15-12(9)11-4-2-7-14-11/h2*1-8H. The molecule has 0 amide bonds. The summed E-state index contributed by atoms with van der Waals surface area (Å²) >= 11 is 10.9. The van der Waals surface area contributed by atoms with Gasteiger partial charge in [0.1, 0.15) is 0 Å². The van der Waals surface area contributed by atoms with Crippen molar-refractivity contribution in [3.63, 3.8) is 0 Å². The molecule has 0 bridgehead atoms. The Morgan fingerprint density at radius 2 is 0.700 bits per heavy atom. The van der Waals surface area contributed by atoms with Gasteiger partial charge in [0, 0.05) is 30.6 Å². The van der Waals surface area contributed by atoms with E-state index in [1.165, 1.54) is 40.4 Å². The van der Waals surface area contributed by atoms with Crippen molar-refractivity contribution in [2.45, 2.75) is 0 Å². The number of rotatable bonds is 4. The van der Waals surface area contributed by atoms with Gasteiger partial charge >= 0.3 is 0 Å². The molecule has 148 valence electrons. The van der Waals surface area contributed by atoms with Gasteiger partial charge in [-0.05, 0) is 68.7 Å². The minimum Gasteiger partial charge on any atom is -0.144 e. The van der Waals surface area contributed by atoms with Crippen LogP contribution in [0.4, 0.5) is 0 Å². The summed E-state index contributed by atoms with van der Waals surface area (Å²) in [6, 6.07) is 21.6. The van der Waals surface area contributed by atoms with E-state index >= 15 is 0 Å². The normalized spacial score (nSPS) is 10.7. The molecule has 6 aromatic heterocycles. The van der Waals surface area contributed by atoms with Crippen LogP contribution in [-0.2, 0) is 0 Å². The molecule has 0 aliphatic rings. The lowest BCUT2D eigenvalue weighted by Crippen LogP contribution is -1.69. The molecular formula is C24H16S6. The Hall–Kier alpha value is -1.80. The molecular weight excluding hydrogens is 481 g/mol. The van der Waals surface area contributed by atoms with Crippen LogP contribution in [0.2, 0.25) is 0 Å². The van der Waals surface area contributed by atoms with Crippen LogP contribution in [-0.4, -0.2) is 0 Å². The summed E-state index contributed by atoms with van der Waals surface area (Å²) in [4.78, 5) is 8.25. The lowest BCUT2D eigenvalue weighted by molar-refractivity contribution is 1.86. The fraction of sp³-hybridized carbons (Fsp3) is 0. The van der Waals surface area contributed by atoms with E-state index in [-0.39, 0.29) is 0 Å². The largest absolute Gasteiger partial charge is 0.144 e. The summed E-state index contributed by atoms with van der Waals surface area (Å²) < 4.78 is 0. The maximum Gasteiger partial charge on any atom is 0.0529 e. The fourth-order valence-corrected chi connectivity index (χ4v) is 8.30. The van der Waals surface area contributed by atoms with Crippen molar-refractivity contribution >= 4 is 68.0 Å². The van der Waals surface area contributed by atoms with Crippen LogP contribution in [0.5, 0.6) is 0 Å². The van der Waals surface area contributed by atoms with Crippen molar-refractivity contribution in [3.05, 3.63) is 92.9 Å². The average Bonchev–Trinajstić information content (AvgIpc) is 3.64. The Balaban J connectivity index is 0.000000128. The summed E-state index contributed by atoms with van der Waals surface area (Å²) in [5, 5.41) is 12.9. The van der Waals surface area contributed by atoms with Crippen LogP contribution >= 0.6 is 68.0 Å². The minimum absolute atomic E-state index is 1.36. The van der Waals surface area contributed by atoms with Crippen molar-refractivity contribution in [2.24, 2.45) is 0 Å². The van der Waals surface area contributed by atoms with Crippen molar-refractivity contribution in [1.29, 1.82) is 0 Å². The van der Waals surface area contributed by atoms with Crippen LogP contribution < -0.4 is 0 Å². The maximum atomic E-state index is 2.21. The summed E-state index contributed by atoms with van der Waals surface area (Å²) in [6.45, 7) is 0. The zero-order valence-electron chi connectivity index (χ0n) is 15.7. The van der Waals surface area contributed by atoms with Gasteiger partial charge in [-0.1, -0.05) is 24.3 Å². The Kier molecular flexibility index (Phi) is 6.41. The Morgan fingerprint density at radius 3 is 1.03 bits per heavy atom. The number of hydrogen-bond acceptors (Lipinski definition) is 6. The second-order valence-corrected chi connectivity index (χ2v) is 11.9. The third-order valence-electron chi connectivity index (χ3n) is 4.39. The second-order valence-electron chi connectivity index (χ2n) is 6.24. The van der Waals surface area contributed by atoms with Gasteiger partial charge in [-0.25, -0.2) is 0 Å². The molecule has 0 atom stereocenters. The summed E-state index contributed by atoms with van der Waals surface area (Å²) in [6.07, 6.45) is 0. The predicted octanol–water partition coefficient (Wildman–Crippen LogP) is 10.4. The van der Waals surface area contributed by atoms with E-state index < -0.39 is 0 Å². The van der Waals surface area contributed by atoms with Gasteiger partial charge in [-0.2, -0.15) is 0 Å². The van der Waals surface area contributed by atoms with E-state index in [0.29, 0.717) is 0 Å². The smallest absolute Gasteiger partial charge is 0.0529 e. The quantitative estimate of drug-likeness (QED) is 0.228. The highest BCUT2D eigenvalue weighted by molar-refractivity contribution is 7.22. The van der Waals surface area contributed by atoms with Gasteiger partial charge < -0.3 is 0 Å². The fourth-order valence-electron chi connectivity index (χ4n) is 3.07. The van der Waals surface area contributed by atoms with Gasteiger partial charge in [0.25, 0.3) is 0 Å². The first-order valence-corrected chi connectivity index (χ1v) is 14.5. The van der Waals surface area contributed by atoms with Gasteiger partial charge in [0.05, 0.1) is 9.75 Å². The Morgan fingerprint density at radius 1 is 0.333 bits per heavy atom. The van der Waals surface area contributed by atoms with E-state index in [9.17, 15) is 0 Å². The third kappa shape index (κ3) is 4.30. The lowest BCUT2D eigenvalue weighted by Gasteiger charge is -1.97. The lowest BCUT2D eigenvalue weighted by atomic mass is 10.2. The van der Waals surface area contributed by atoms with E-state index in [1.807, 2.05) is 45.3 Å². The van der Waals surface area contributed by atoms with Crippen molar-refractivity contribution in [1.82, 2.24) is 0 Å². The van der Waals surface area contributed by atoms with Crippen molar-refractivity contribution in [2.75, 3.05) is 0 Å². The van der Waals surface area contributed by atoms with Crippen molar-refractivity contribution < 1.29 is 0 Å². The molecule has 0 saturated heterocycles. The summed E-state index contributed by atoms with van der Waals surface area (Å²) in [5.41, 5.74) is 2.75. The molecule has 0 N–H and O–H groups in total. The average molecular weight is 497 g/mol.